The average molecular weight is 166 g/mol. The molecule has 1 N–H and O–H groups in total. The molecule has 0 amide bonds. The van der Waals surface area contributed by atoms with E-state index in [0.29, 0.717) is 5.76 Å². The Balaban J connectivity index is 2.90. The van der Waals surface area contributed by atoms with Gasteiger partial charge in [0.25, 0.3) is 0 Å². The molecule has 0 aromatic heterocycles. The first kappa shape index (κ1) is 9.37. The second-order valence-electron chi connectivity index (χ2n) is 4.86. The monoisotopic (exact) mass is 166 g/mol. The molecule has 1 heteroatoms. The maximum atomic E-state index is 9.42. The normalized spacial score (nSPS) is 30.2. The van der Waals surface area contributed by atoms with Crippen molar-refractivity contribution in [2.45, 2.75) is 34.1 Å². The molecule has 1 rings (SSSR count). The lowest BCUT2D eigenvalue weighted by Crippen LogP contribution is -2.32. The maximum absolute atomic E-state index is 9.42. The lowest BCUT2D eigenvalue weighted by atomic mass is 9.64. The summed E-state index contributed by atoms with van der Waals surface area (Å²) in [5.74, 6) is 0.495. The molecule has 0 bridgehead atoms. The molecule has 1 unspecified atom stereocenters. The van der Waals surface area contributed by atoms with Crippen LogP contribution in [0.2, 0.25) is 0 Å². The molecule has 68 valence electrons. The van der Waals surface area contributed by atoms with Crippen molar-refractivity contribution in [3.8, 4) is 0 Å². The molecular formula is C11H18O. The number of hydrogen-bond acceptors (Lipinski definition) is 1. The number of hydrogen-bond donors (Lipinski definition) is 1. The van der Waals surface area contributed by atoms with Crippen LogP contribution in [0.1, 0.15) is 34.1 Å². The van der Waals surface area contributed by atoms with Crippen LogP contribution in [0.4, 0.5) is 0 Å². The molecule has 1 aliphatic carbocycles. The van der Waals surface area contributed by atoms with E-state index in [9.17, 15) is 5.11 Å². The smallest absolute Gasteiger partial charge is 0.0931 e. The van der Waals surface area contributed by atoms with Crippen molar-refractivity contribution >= 4 is 0 Å². The van der Waals surface area contributed by atoms with E-state index < -0.39 is 0 Å². The Kier molecular flexibility index (Phi) is 2.07. The van der Waals surface area contributed by atoms with Crippen LogP contribution in [0.5, 0.6) is 0 Å². The number of rotatable bonds is 0. The minimum atomic E-state index is 0.0891. The van der Waals surface area contributed by atoms with E-state index in [0.717, 1.165) is 6.42 Å². The predicted octanol–water partition coefficient (Wildman–Crippen LogP) is 3.44. The van der Waals surface area contributed by atoms with Crippen LogP contribution in [0.15, 0.2) is 24.0 Å². The van der Waals surface area contributed by atoms with E-state index in [1.807, 2.05) is 6.08 Å². The van der Waals surface area contributed by atoms with Crippen molar-refractivity contribution in [3.05, 3.63) is 24.0 Å². The Labute approximate surface area is 74.8 Å². The van der Waals surface area contributed by atoms with E-state index in [1.165, 1.54) is 0 Å². The van der Waals surface area contributed by atoms with Crippen LogP contribution in [0.3, 0.4) is 0 Å². The van der Waals surface area contributed by atoms with Gasteiger partial charge in [0.15, 0.2) is 0 Å². The van der Waals surface area contributed by atoms with E-state index in [-0.39, 0.29) is 10.8 Å². The molecule has 0 aromatic rings. The first-order valence-electron chi connectivity index (χ1n) is 4.42. The lowest BCUT2D eigenvalue weighted by Gasteiger charge is -2.40. The zero-order valence-corrected chi connectivity index (χ0v) is 8.39. The highest BCUT2D eigenvalue weighted by Gasteiger charge is 2.36. The van der Waals surface area contributed by atoms with Gasteiger partial charge in [0.2, 0.25) is 0 Å². The van der Waals surface area contributed by atoms with E-state index in [1.54, 1.807) is 6.08 Å². The van der Waals surface area contributed by atoms with Crippen LogP contribution in [-0.4, -0.2) is 5.11 Å². The standard InChI is InChI=1S/C11H18O/c1-10(2,3)11(4)7-5-6-9(12)8-11/h5-7,12H,8H2,1-4H3. The molecule has 0 aliphatic heterocycles. The molecule has 0 saturated carbocycles. The van der Waals surface area contributed by atoms with Crippen LogP contribution < -0.4 is 0 Å². The third kappa shape index (κ3) is 1.55. The Morgan fingerprint density at radius 1 is 1.42 bits per heavy atom. The highest BCUT2D eigenvalue weighted by molar-refractivity contribution is 5.21. The van der Waals surface area contributed by atoms with Crippen molar-refractivity contribution in [3.63, 3.8) is 0 Å². The molecule has 0 radical (unpaired) electrons. The molecule has 1 aliphatic rings. The SMILES string of the molecule is CC(C)(C)C1(C)C=CC=C(O)C1. The highest BCUT2D eigenvalue weighted by atomic mass is 16.3. The first-order chi connectivity index (χ1) is 5.35. The van der Waals surface area contributed by atoms with Gasteiger partial charge in [-0.25, -0.2) is 0 Å². The van der Waals surface area contributed by atoms with Crippen LogP contribution in [0, 0.1) is 10.8 Å². The topological polar surface area (TPSA) is 20.2 Å². The van der Waals surface area contributed by atoms with Gasteiger partial charge in [-0.05, 0) is 16.9 Å². The lowest BCUT2D eigenvalue weighted by molar-refractivity contribution is 0.145. The quantitative estimate of drug-likeness (QED) is 0.584. The van der Waals surface area contributed by atoms with Gasteiger partial charge in [0.1, 0.15) is 0 Å². The van der Waals surface area contributed by atoms with Gasteiger partial charge in [-0.15, -0.1) is 0 Å². The third-order valence-electron chi connectivity index (χ3n) is 3.01. The van der Waals surface area contributed by atoms with Crippen LogP contribution in [0.25, 0.3) is 0 Å². The summed E-state index contributed by atoms with van der Waals surface area (Å²) in [6.45, 7) is 8.80. The van der Waals surface area contributed by atoms with Crippen LogP contribution in [-0.2, 0) is 0 Å². The molecule has 0 spiro atoms. The van der Waals surface area contributed by atoms with Crippen molar-refractivity contribution in [1.29, 1.82) is 0 Å². The Hall–Kier alpha value is -0.720. The molecule has 1 atom stereocenters. The maximum Gasteiger partial charge on any atom is 0.0931 e. The highest BCUT2D eigenvalue weighted by Crippen LogP contribution is 2.45. The summed E-state index contributed by atoms with van der Waals surface area (Å²) >= 11 is 0. The summed E-state index contributed by atoms with van der Waals surface area (Å²) in [6.07, 6.45) is 6.66. The molecule has 12 heavy (non-hydrogen) atoms. The molecular weight excluding hydrogens is 148 g/mol. The van der Waals surface area contributed by atoms with Gasteiger partial charge in [-0.2, -0.15) is 0 Å². The van der Waals surface area contributed by atoms with Crippen molar-refractivity contribution in [2.24, 2.45) is 10.8 Å². The first-order valence-corrected chi connectivity index (χ1v) is 4.42. The number of allylic oxidation sites excluding steroid dienone is 4. The minimum Gasteiger partial charge on any atom is -0.512 e. The van der Waals surface area contributed by atoms with Crippen molar-refractivity contribution in [2.75, 3.05) is 0 Å². The fourth-order valence-electron chi connectivity index (χ4n) is 1.38. The Morgan fingerprint density at radius 3 is 2.33 bits per heavy atom. The summed E-state index contributed by atoms with van der Waals surface area (Å²) in [6, 6.07) is 0. The molecule has 0 aromatic carbocycles. The van der Waals surface area contributed by atoms with Gasteiger partial charge in [0.05, 0.1) is 5.76 Å². The number of aliphatic hydroxyl groups excluding tert-OH is 1. The number of aliphatic hydroxyl groups is 1. The summed E-state index contributed by atoms with van der Waals surface area (Å²) in [5, 5.41) is 9.42. The molecule has 0 heterocycles. The van der Waals surface area contributed by atoms with Gasteiger partial charge < -0.3 is 5.11 Å². The average Bonchev–Trinajstić information content (AvgIpc) is 1.83. The molecule has 1 nitrogen and oxygen atoms in total. The predicted molar refractivity (Wildman–Crippen MR) is 52.0 cm³/mol. The van der Waals surface area contributed by atoms with Crippen molar-refractivity contribution in [1.82, 2.24) is 0 Å². The fraction of sp³-hybridized carbons (Fsp3) is 0.636. The second kappa shape index (κ2) is 2.65. The zero-order valence-electron chi connectivity index (χ0n) is 8.39. The summed E-state index contributed by atoms with van der Waals surface area (Å²) < 4.78 is 0. The summed E-state index contributed by atoms with van der Waals surface area (Å²) in [5.41, 5.74) is 0.289. The fourth-order valence-corrected chi connectivity index (χ4v) is 1.38. The zero-order chi connectivity index (χ0) is 9.41. The molecule has 0 fully saturated rings. The van der Waals surface area contributed by atoms with Gasteiger partial charge >= 0.3 is 0 Å². The van der Waals surface area contributed by atoms with Crippen LogP contribution >= 0.6 is 0 Å². The van der Waals surface area contributed by atoms with E-state index >= 15 is 0 Å². The third-order valence-corrected chi connectivity index (χ3v) is 3.01. The Morgan fingerprint density at radius 2 is 2.00 bits per heavy atom. The molecule has 0 saturated heterocycles. The Bertz CT molecular complexity index is 230. The summed E-state index contributed by atoms with van der Waals surface area (Å²) in [4.78, 5) is 0. The van der Waals surface area contributed by atoms with Crippen molar-refractivity contribution < 1.29 is 5.11 Å². The second-order valence-corrected chi connectivity index (χ2v) is 4.86. The van der Waals surface area contributed by atoms with Gasteiger partial charge in [-0.3, -0.25) is 0 Å². The summed E-state index contributed by atoms with van der Waals surface area (Å²) in [7, 11) is 0. The van der Waals surface area contributed by atoms with E-state index in [4.69, 9.17) is 0 Å². The minimum absolute atomic E-state index is 0.0891. The largest absolute Gasteiger partial charge is 0.512 e. The van der Waals surface area contributed by atoms with E-state index in [2.05, 4.69) is 33.8 Å². The van der Waals surface area contributed by atoms with Gasteiger partial charge in [-0.1, -0.05) is 39.8 Å². The van der Waals surface area contributed by atoms with Gasteiger partial charge in [0, 0.05) is 6.42 Å².